The Labute approximate surface area is 158 Å². The summed E-state index contributed by atoms with van der Waals surface area (Å²) in [6.45, 7) is 3.25. The van der Waals surface area contributed by atoms with Crippen LogP contribution < -0.4 is 5.32 Å². The first-order valence-corrected chi connectivity index (χ1v) is 9.41. The van der Waals surface area contributed by atoms with Crippen molar-refractivity contribution in [2.75, 3.05) is 18.4 Å². The van der Waals surface area contributed by atoms with Gasteiger partial charge in [0.15, 0.2) is 0 Å². The molecule has 1 aliphatic heterocycles. The Morgan fingerprint density at radius 2 is 1.84 bits per heavy atom. The molecule has 3 rings (SSSR count). The second-order valence-corrected chi connectivity index (χ2v) is 7.34. The van der Waals surface area contributed by atoms with Crippen LogP contribution in [0.1, 0.15) is 30.4 Å². The molecule has 0 aliphatic carbocycles. The maximum Gasteiger partial charge on any atom is 0.228 e. The highest BCUT2D eigenvalue weighted by molar-refractivity contribution is 6.35. The number of halogens is 2. The lowest BCUT2D eigenvalue weighted by Crippen LogP contribution is -2.29. The second kappa shape index (κ2) is 8.70. The highest BCUT2D eigenvalue weighted by atomic mass is 35.5. The fourth-order valence-corrected chi connectivity index (χ4v) is 3.64. The molecule has 1 heterocycles. The maximum atomic E-state index is 12.3. The van der Waals surface area contributed by atoms with Crippen molar-refractivity contribution in [3.63, 3.8) is 0 Å². The van der Waals surface area contributed by atoms with E-state index in [0.29, 0.717) is 10.0 Å². The highest BCUT2D eigenvalue weighted by Gasteiger charge is 2.12. The topological polar surface area (TPSA) is 32.3 Å². The summed E-state index contributed by atoms with van der Waals surface area (Å²) in [4.78, 5) is 14.8. The fourth-order valence-electron chi connectivity index (χ4n) is 3.17. The van der Waals surface area contributed by atoms with Crippen LogP contribution in [0.2, 0.25) is 10.0 Å². The van der Waals surface area contributed by atoms with Crippen LogP contribution in [0.25, 0.3) is 0 Å². The van der Waals surface area contributed by atoms with Gasteiger partial charge in [0.05, 0.1) is 6.42 Å². The minimum atomic E-state index is -0.0839. The van der Waals surface area contributed by atoms with E-state index in [-0.39, 0.29) is 12.3 Å². The molecule has 1 fully saturated rings. The molecule has 1 aliphatic rings. The van der Waals surface area contributed by atoms with E-state index in [1.807, 2.05) is 12.1 Å². The lowest BCUT2D eigenvalue weighted by molar-refractivity contribution is -0.115. The zero-order chi connectivity index (χ0) is 17.6. The van der Waals surface area contributed by atoms with E-state index in [4.69, 9.17) is 23.2 Å². The molecule has 3 nitrogen and oxygen atoms in total. The standard InChI is InChI=1S/C20H22Cl2N2O/c21-17-8-7-16(19(22)13-17)12-20(25)23-18-6-4-5-15(11-18)14-24-9-2-1-3-10-24/h4-8,11,13H,1-3,9-10,12,14H2,(H,23,25). The van der Waals surface area contributed by atoms with Gasteiger partial charge in [-0.25, -0.2) is 0 Å². The Hall–Kier alpha value is -1.55. The smallest absolute Gasteiger partial charge is 0.228 e. The van der Waals surface area contributed by atoms with Crippen molar-refractivity contribution in [2.45, 2.75) is 32.2 Å². The molecule has 0 radical (unpaired) electrons. The number of hydrogen-bond acceptors (Lipinski definition) is 2. The van der Waals surface area contributed by atoms with E-state index < -0.39 is 0 Å². The quantitative estimate of drug-likeness (QED) is 0.781. The third-order valence-electron chi connectivity index (χ3n) is 4.43. The van der Waals surface area contributed by atoms with Crippen LogP contribution in [0.3, 0.4) is 0 Å². The number of rotatable bonds is 5. The van der Waals surface area contributed by atoms with Crippen LogP contribution in [0.15, 0.2) is 42.5 Å². The maximum absolute atomic E-state index is 12.3. The normalized spacial score (nSPS) is 15.1. The first-order valence-electron chi connectivity index (χ1n) is 8.65. The summed E-state index contributed by atoms with van der Waals surface area (Å²) in [5.41, 5.74) is 2.82. The molecule has 0 bridgehead atoms. The monoisotopic (exact) mass is 376 g/mol. The summed E-state index contributed by atoms with van der Waals surface area (Å²) in [6.07, 6.45) is 4.11. The molecule has 5 heteroatoms. The Bertz CT molecular complexity index is 742. The molecule has 0 spiro atoms. The molecule has 0 aromatic heterocycles. The van der Waals surface area contributed by atoms with E-state index in [9.17, 15) is 4.79 Å². The molecule has 1 amide bonds. The predicted molar refractivity (Wildman–Crippen MR) is 104 cm³/mol. The van der Waals surface area contributed by atoms with Crippen LogP contribution in [0.5, 0.6) is 0 Å². The lowest BCUT2D eigenvalue weighted by atomic mass is 10.1. The predicted octanol–water partition coefficient (Wildman–Crippen LogP) is 5.16. The van der Waals surface area contributed by atoms with Gasteiger partial charge in [-0.15, -0.1) is 0 Å². The average molecular weight is 377 g/mol. The molecule has 2 aromatic rings. The van der Waals surface area contributed by atoms with Gasteiger partial charge in [0, 0.05) is 22.3 Å². The van der Waals surface area contributed by atoms with Crippen LogP contribution in [-0.2, 0) is 17.8 Å². The van der Waals surface area contributed by atoms with Gasteiger partial charge >= 0.3 is 0 Å². The summed E-state index contributed by atoms with van der Waals surface area (Å²) in [5, 5.41) is 4.05. The molecule has 1 N–H and O–H groups in total. The number of carbonyl (C=O) groups is 1. The number of carbonyl (C=O) groups excluding carboxylic acids is 1. The fraction of sp³-hybridized carbons (Fsp3) is 0.350. The lowest BCUT2D eigenvalue weighted by Gasteiger charge is -2.26. The van der Waals surface area contributed by atoms with Crippen molar-refractivity contribution in [3.05, 3.63) is 63.6 Å². The third-order valence-corrected chi connectivity index (χ3v) is 5.02. The van der Waals surface area contributed by atoms with Crippen molar-refractivity contribution in [3.8, 4) is 0 Å². The van der Waals surface area contributed by atoms with E-state index >= 15 is 0 Å². The molecule has 0 saturated carbocycles. The summed E-state index contributed by atoms with van der Waals surface area (Å²) in [5.74, 6) is -0.0839. The highest BCUT2D eigenvalue weighted by Crippen LogP contribution is 2.22. The second-order valence-electron chi connectivity index (χ2n) is 6.50. The van der Waals surface area contributed by atoms with Crippen LogP contribution in [0, 0.1) is 0 Å². The SMILES string of the molecule is O=C(Cc1ccc(Cl)cc1Cl)Nc1cccc(CN2CCCCC2)c1. The Kier molecular flexibility index (Phi) is 6.35. The van der Waals surface area contributed by atoms with Crippen LogP contribution in [0.4, 0.5) is 5.69 Å². The first-order chi connectivity index (χ1) is 12.1. The first kappa shape index (κ1) is 18.2. The summed E-state index contributed by atoms with van der Waals surface area (Å²) in [7, 11) is 0. The number of piperidine rings is 1. The van der Waals surface area contributed by atoms with Gasteiger partial charge in [0.1, 0.15) is 0 Å². The summed E-state index contributed by atoms with van der Waals surface area (Å²) >= 11 is 12.0. The molecule has 25 heavy (non-hydrogen) atoms. The Morgan fingerprint density at radius 3 is 2.60 bits per heavy atom. The Balaban J connectivity index is 1.60. The van der Waals surface area contributed by atoms with Gasteiger partial charge in [-0.3, -0.25) is 9.69 Å². The Morgan fingerprint density at radius 1 is 1.04 bits per heavy atom. The van der Waals surface area contributed by atoms with Gasteiger partial charge in [0.2, 0.25) is 5.91 Å². The largest absolute Gasteiger partial charge is 0.326 e. The molecular formula is C20H22Cl2N2O. The molecule has 0 unspecified atom stereocenters. The van der Waals surface area contributed by atoms with E-state index in [2.05, 4.69) is 22.3 Å². The van der Waals surface area contributed by atoms with Crippen molar-refractivity contribution in [1.82, 2.24) is 4.90 Å². The molecule has 1 saturated heterocycles. The molecule has 0 atom stereocenters. The number of amides is 1. The van der Waals surface area contributed by atoms with Crippen molar-refractivity contribution >= 4 is 34.8 Å². The van der Waals surface area contributed by atoms with Gasteiger partial charge in [-0.2, -0.15) is 0 Å². The number of anilines is 1. The third kappa shape index (κ3) is 5.46. The van der Waals surface area contributed by atoms with Gasteiger partial charge < -0.3 is 5.32 Å². The van der Waals surface area contributed by atoms with Crippen LogP contribution in [-0.4, -0.2) is 23.9 Å². The van der Waals surface area contributed by atoms with Crippen molar-refractivity contribution in [1.29, 1.82) is 0 Å². The molecular weight excluding hydrogens is 355 g/mol. The van der Waals surface area contributed by atoms with Gasteiger partial charge in [-0.05, 0) is 61.3 Å². The van der Waals surface area contributed by atoms with Gasteiger partial charge in [-0.1, -0.05) is 47.8 Å². The summed E-state index contributed by atoms with van der Waals surface area (Å²) < 4.78 is 0. The number of nitrogens with one attached hydrogen (secondary N) is 1. The average Bonchev–Trinajstić information content (AvgIpc) is 2.59. The van der Waals surface area contributed by atoms with E-state index in [1.165, 1.54) is 24.8 Å². The summed E-state index contributed by atoms with van der Waals surface area (Å²) in [6, 6.07) is 13.3. The minimum Gasteiger partial charge on any atom is -0.326 e. The van der Waals surface area contributed by atoms with Crippen LogP contribution >= 0.6 is 23.2 Å². The van der Waals surface area contributed by atoms with Crippen molar-refractivity contribution in [2.24, 2.45) is 0 Å². The van der Waals surface area contributed by atoms with Gasteiger partial charge in [0.25, 0.3) is 0 Å². The molecule has 132 valence electrons. The number of likely N-dealkylation sites (tertiary alicyclic amines) is 1. The number of hydrogen-bond donors (Lipinski definition) is 1. The number of nitrogens with zero attached hydrogens (tertiary/aromatic N) is 1. The van der Waals surface area contributed by atoms with E-state index in [0.717, 1.165) is 30.9 Å². The number of benzene rings is 2. The molecule has 2 aromatic carbocycles. The van der Waals surface area contributed by atoms with Crippen molar-refractivity contribution < 1.29 is 4.79 Å². The minimum absolute atomic E-state index is 0.0839. The zero-order valence-electron chi connectivity index (χ0n) is 14.1. The zero-order valence-corrected chi connectivity index (χ0v) is 15.6. The van der Waals surface area contributed by atoms with E-state index in [1.54, 1.807) is 18.2 Å².